The van der Waals surface area contributed by atoms with Crippen LogP contribution in [-0.4, -0.2) is 27.4 Å². The zero-order chi connectivity index (χ0) is 10.7. The van der Waals surface area contributed by atoms with Crippen LogP contribution in [0, 0.1) is 0 Å². The van der Waals surface area contributed by atoms with Crippen molar-refractivity contribution in [2.24, 2.45) is 5.73 Å². The molecule has 5 N–H and O–H groups in total. The first-order chi connectivity index (χ1) is 6.56. The summed E-state index contributed by atoms with van der Waals surface area (Å²) in [6, 6.07) is -1.18. The van der Waals surface area contributed by atoms with Crippen LogP contribution in [0.4, 0.5) is 0 Å². The molecule has 0 fully saturated rings. The predicted molar refractivity (Wildman–Crippen MR) is 44.6 cm³/mol. The summed E-state index contributed by atoms with van der Waals surface area (Å²) < 4.78 is 4.59. The van der Waals surface area contributed by atoms with Gasteiger partial charge in [0, 0.05) is 6.42 Å². The third-order valence-corrected chi connectivity index (χ3v) is 1.76. The maximum absolute atomic E-state index is 11.0. The maximum Gasteiger partial charge on any atom is 0.320 e. The molecule has 7 heteroatoms. The van der Waals surface area contributed by atoms with E-state index in [9.17, 15) is 9.59 Å². The summed E-state index contributed by atoms with van der Waals surface area (Å²) in [5.74, 6) is -1.19. The molecule has 0 aliphatic rings. The van der Waals surface area contributed by atoms with Crippen LogP contribution in [0.2, 0.25) is 0 Å². The average Bonchev–Trinajstić information content (AvgIpc) is 2.47. The van der Waals surface area contributed by atoms with Gasteiger partial charge in [-0.2, -0.15) is 5.16 Å². The maximum atomic E-state index is 11.0. The summed E-state index contributed by atoms with van der Waals surface area (Å²) in [5.41, 5.74) is 4.73. The Labute approximate surface area is 78.1 Å². The van der Waals surface area contributed by atoms with Crippen molar-refractivity contribution in [1.82, 2.24) is 5.16 Å². The highest BCUT2D eigenvalue weighted by Gasteiger charge is 2.19. The number of carboxylic acids is 1. The fourth-order valence-corrected chi connectivity index (χ4v) is 0.999. The number of aliphatic hydroxyl groups is 1. The van der Waals surface area contributed by atoms with Crippen molar-refractivity contribution in [3.05, 3.63) is 21.7 Å². The molecule has 0 unspecified atom stereocenters. The predicted octanol–water partition coefficient (Wildman–Crippen LogP) is -1.59. The SMILES string of the molecule is N[C@@H](Cc1c(CO)o[nH]c1=O)C(=O)O. The molecule has 1 aromatic rings. The number of aromatic nitrogens is 1. The molecule has 0 amide bonds. The van der Waals surface area contributed by atoms with Crippen molar-refractivity contribution in [3.8, 4) is 0 Å². The van der Waals surface area contributed by atoms with Crippen molar-refractivity contribution < 1.29 is 19.5 Å². The summed E-state index contributed by atoms with van der Waals surface area (Å²) in [7, 11) is 0. The largest absolute Gasteiger partial charge is 0.480 e. The van der Waals surface area contributed by atoms with E-state index in [0.29, 0.717) is 0 Å². The van der Waals surface area contributed by atoms with Gasteiger partial charge in [-0.05, 0) is 0 Å². The number of rotatable bonds is 4. The van der Waals surface area contributed by atoms with Crippen molar-refractivity contribution in [3.63, 3.8) is 0 Å². The lowest BCUT2D eigenvalue weighted by atomic mass is 10.1. The van der Waals surface area contributed by atoms with Crippen molar-refractivity contribution in [1.29, 1.82) is 0 Å². The standard InChI is InChI=1S/C7H10N2O5/c8-4(7(12)13)1-3-5(2-10)14-9-6(3)11/h4,10H,1-2,8H2,(H,9,11)(H,12,13)/t4-/m0/s1. The first-order valence-corrected chi connectivity index (χ1v) is 3.84. The van der Waals surface area contributed by atoms with Gasteiger partial charge in [0.15, 0.2) is 5.76 Å². The average molecular weight is 202 g/mol. The second-order valence-corrected chi connectivity index (χ2v) is 2.74. The van der Waals surface area contributed by atoms with E-state index in [4.69, 9.17) is 15.9 Å². The molecule has 1 heterocycles. The Kier molecular flexibility index (Phi) is 3.05. The minimum atomic E-state index is -1.21. The topological polar surface area (TPSA) is 130 Å². The highest BCUT2D eigenvalue weighted by molar-refractivity contribution is 5.73. The molecule has 0 saturated carbocycles. The number of aliphatic hydroxyl groups excluding tert-OH is 1. The lowest BCUT2D eigenvalue weighted by molar-refractivity contribution is -0.138. The minimum absolute atomic E-state index is 0.0201. The molecule has 7 nitrogen and oxygen atoms in total. The molecule has 0 bridgehead atoms. The number of carbonyl (C=O) groups is 1. The fourth-order valence-electron chi connectivity index (χ4n) is 0.999. The molecular formula is C7H10N2O5. The number of nitrogens with two attached hydrogens (primary N) is 1. The molecule has 0 saturated heterocycles. The highest BCUT2D eigenvalue weighted by atomic mass is 16.5. The van der Waals surface area contributed by atoms with Crippen LogP contribution in [-0.2, 0) is 17.8 Å². The summed E-state index contributed by atoms with van der Waals surface area (Å²) >= 11 is 0. The van der Waals surface area contributed by atoms with Crippen molar-refractivity contribution in [2.75, 3.05) is 0 Å². The van der Waals surface area contributed by atoms with Gasteiger partial charge in [-0.1, -0.05) is 0 Å². The highest BCUT2D eigenvalue weighted by Crippen LogP contribution is 2.05. The Balaban J connectivity index is 2.90. The Morgan fingerprint density at radius 3 is 2.79 bits per heavy atom. The Morgan fingerprint density at radius 1 is 1.64 bits per heavy atom. The second-order valence-electron chi connectivity index (χ2n) is 2.74. The molecule has 0 spiro atoms. The van der Waals surface area contributed by atoms with Gasteiger partial charge in [-0.15, -0.1) is 0 Å². The zero-order valence-electron chi connectivity index (χ0n) is 7.19. The van der Waals surface area contributed by atoms with E-state index >= 15 is 0 Å². The Hall–Kier alpha value is -1.60. The van der Waals surface area contributed by atoms with Crippen molar-refractivity contribution >= 4 is 5.97 Å². The molecule has 78 valence electrons. The molecule has 0 aliphatic carbocycles. The van der Waals surface area contributed by atoms with Crippen LogP contribution in [0.25, 0.3) is 0 Å². The number of aromatic amines is 1. The van der Waals surface area contributed by atoms with E-state index in [2.05, 4.69) is 4.52 Å². The normalized spacial score (nSPS) is 12.7. The van der Waals surface area contributed by atoms with Crippen LogP contribution in [0.3, 0.4) is 0 Å². The van der Waals surface area contributed by atoms with Gasteiger partial charge in [-0.25, -0.2) is 0 Å². The molecular weight excluding hydrogens is 192 g/mol. The van der Waals surface area contributed by atoms with E-state index in [0.717, 1.165) is 0 Å². The Bertz CT molecular complexity index is 380. The van der Waals surface area contributed by atoms with Crippen LogP contribution >= 0.6 is 0 Å². The number of H-pyrrole nitrogens is 1. The minimum Gasteiger partial charge on any atom is -0.480 e. The van der Waals surface area contributed by atoms with E-state index in [-0.39, 0.29) is 17.7 Å². The number of carboxylic acid groups (broad SMARTS) is 1. The van der Waals surface area contributed by atoms with Gasteiger partial charge in [0.25, 0.3) is 5.56 Å². The van der Waals surface area contributed by atoms with Gasteiger partial charge >= 0.3 is 5.97 Å². The molecule has 0 aromatic carbocycles. The third-order valence-electron chi connectivity index (χ3n) is 1.76. The molecule has 0 aliphatic heterocycles. The van der Waals surface area contributed by atoms with Crippen LogP contribution < -0.4 is 11.3 Å². The number of nitrogens with one attached hydrogen (secondary N) is 1. The molecule has 1 aromatic heterocycles. The Morgan fingerprint density at radius 2 is 2.29 bits per heavy atom. The van der Waals surface area contributed by atoms with E-state index in [1.165, 1.54) is 0 Å². The fraction of sp³-hybridized carbons (Fsp3) is 0.429. The number of hydrogen-bond acceptors (Lipinski definition) is 5. The monoisotopic (exact) mass is 202 g/mol. The van der Waals surface area contributed by atoms with Crippen LogP contribution in [0.1, 0.15) is 11.3 Å². The van der Waals surface area contributed by atoms with Crippen LogP contribution in [0.5, 0.6) is 0 Å². The van der Waals surface area contributed by atoms with E-state index in [1.54, 1.807) is 0 Å². The van der Waals surface area contributed by atoms with Gasteiger partial charge < -0.3 is 20.5 Å². The van der Waals surface area contributed by atoms with Crippen molar-refractivity contribution in [2.45, 2.75) is 19.1 Å². The smallest absolute Gasteiger partial charge is 0.320 e. The first kappa shape index (κ1) is 10.5. The summed E-state index contributed by atoms with van der Waals surface area (Å²) in [6.07, 6.45) is -0.170. The lowest BCUT2D eigenvalue weighted by Crippen LogP contribution is -2.34. The summed E-state index contributed by atoms with van der Waals surface area (Å²) in [5, 5.41) is 19.2. The number of aliphatic carboxylic acids is 1. The lowest BCUT2D eigenvalue weighted by Gasteiger charge is -2.03. The summed E-state index contributed by atoms with van der Waals surface area (Å²) in [6.45, 7) is -0.472. The van der Waals surface area contributed by atoms with Gasteiger partial charge in [0.1, 0.15) is 12.6 Å². The van der Waals surface area contributed by atoms with Gasteiger partial charge in [0.2, 0.25) is 0 Å². The molecule has 14 heavy (non-hydrogen) atoms. The zero-order valence-corrected chi connectivity index (χ0v) is 7.19. The molecule has 1 rings (SSSR count). The number of hydrogen-bond donors (Lipinski definition) is 4. The van der Waals surface area contributed by atoms with E-state index in [1.807, 2.05) is 5.16 Å². The quantitative estimate of drug-likeness (QED) is 0.466. The van der Waals surface area contributed by atoms with Gasteiger partial charge in [0.05, 0.1) is 5.56 Å². The molecule has 1 atom stereocenters. The van der Waals surface area contributed by atoms with Gasteiger partial charge in [-0.3, -0.25) is 9.59 Å². The summed E-state index contributed by atoms with van der Waals surface area (Å²) in [4.78, 5) is 21.5. The third kappa shape index (κ3) is 2.01. The van der Waals surface area contributed by atoms with Crippen LogP contribution in [0.15, 0.2) is 9.32 Å². The second kappa shape index (κ2) is 4.07. The molecule has 0 radical (unpaired) electrons. The first-order valence-electron chi connectivity index (χ1n) is 3.84. The van der Waals surface area contributed by atoms with E-state index < -0.39 is 24.2 Å².